The monoisotopic (exact) mass is 261 g/mol. The highest BCUT2D eigenvalue weighted by Crippen LogP contribution is 2.33. The van der Waals surface area contributed by atoms with E-state index < -0.39 is 0 Å². The Balaban J connectivity index is 2.42. The molecular weight excluding hydrogens is 234 g/mol. The Kier molecular flexibility index (Phi) is 4.03. The minimum atomic E-state index is 0.183. The second kappa shape index (κ2) is 5.26. The molecule has 1 N–H and O–H groups in total. The van der Waals surface area contributed by atoms with Crippen LogP contribution >= 0.6 is 0 Å². The Hall–Kier alpha value is -0.860. The molecule has 2 rings (SSSR count). The first kappa shape index (κ1) is 14.5. The summed E-state index contributed by atoms with van der Waals surface area (Å²) in [7, 11) is 0. The molecule has 1 aromatic rings. The van der Waals surface area contributed by atoms with Crippen LogP contribution in [0, 0.1) is 13.8 Å². The molecule has 0 spiro atoms. The van der Waals surface area contributed by atoms with Gasteiger partial charge in [0, 0.05) is 12.6 Å². The summed E-state index contributed by atoms with van der Waals surface area (Å²) in [5.74, 6) is 0. The Labute approximate surface area is 117 Å². The van der Waals surface area contributed by atoms with Crippen LogP contribution in [-0.4, -0.2) is 19.2 Å². The van der Waals surface area contributed by atoms with Gasteiger partial charge >= 0.3 is 0 Å². The van der Waals surface area contributed by atoms with Crippen molar-refractivity contribution in [2.45, 2.75) is 59.1 Å². The maximum Gasteiger partial charge on any atom is 0.0980 e. The van der Waals surface area contributed by atoms with Gasteiger partial charge < -0.3 is 10.1 Å². The standard InChI is InChI=1S/C17H27NO/c1-11-9-14(17(4,5)6)10-12(2)15(11)16-13(3)18-7-8-19-16/h9-10,13,16,18H,7-8H2,1-6H3. The van der Waals surface area contributed by atoms with Crippen LogP contribution in [0.1, 0.15) is 56.1 Å². The van der Waals surface area contributed by atoms with Gasteiger partial charge in [0.15, 0.2) is 0 Å². The smallest absolute Gasteiger partial charge is 0.0980 e. The summed E-state index contributed by atoms with van der Waals surface area (Å²) in [6.07, 6.45) is 0.183. The zero-order valence-electron chi connectivity index (χ0n) is 13.1. The van der Waals surface area contributed by atoms with Gasteiger partial charge in [-0.25, -0.2) is 0 Å². The number of ether oxygens (including phenoxy) is 1. The van der Waals surface area contributed by atoms with E-state index in [1.54, 1.807) is 0 Å². The molecule has 0 aliphatic carbocycles. The summed E-state index contributed by atoms with van der Waals surface area (Å²) in [4.78, 5) is 0. The second-order valence-corrected chi connectivity index (χ2v) is 6.81. The van der Waals surface area contributed by atoms with Crippen LogP contribution in [0.25, 0.3) is 0 Å². The van der Waals surface area contributed by atoms with Crippen LogP contribution < -0.4 is 5.32 Å². The van der Waals surface area contributed by atoms with E-state index in [9.17, 15) is 0 Å². The summed E-state index contributed by atoms with van der Waals surface area (Å²) >= 11 is 0. The molecule has 2 atom stereocenters. The van der Waals surface area contributed by atoms with Crippen LogP contribution in [0.3, 0.4) is 0 Å². The number of hydrogen-bond donors (Lipinski definition) is 1. The number of benzene rings is 1. The van der Waals surface area contributed by atoms with Gasteiger partial charge in [0.25, 0.3) is 0 Å². The quantitative estimate of drug-likeness (QED) is 0.833. The molecule has 1 saturated heterocycles. The van der Waals surface area contributed by atoms with Crippen molar-refractivity contribution in [1.82, 2.24) is 5.32 Å². The van der Waals surface area contributed by atoms with Gasteiger partial charge in [-0.3, -0.25) is 0 Å². The maximum absolute atomic E-state index is 6.00. The van der Waals surface area contributed by atoms with Crippen molar-refractivity contribution in [3.63, 3.8) is 0 Å². The van der Waals surface area contributed by atoms with Gasteiger partial charge in [0.05, 0.1) is 12.7 Å². The van der Waals surface area contributed by atoms with E-state index in [0.717, 1.165) is 13.2 Å². The highest BCUT2D eigenvalue weighted by molar-refractivity contribution is 5.42. The highest BCUT2D eigenvalue weighted by Gasteiger charge is 2.27. The topological polar surface area (TPSA) is 21.3 Å². The number of rotatable bonds is 1. The summed E-state index contributed by atoms with van der Waals surface area (Å²) in [6, 6.07) is 5.03. The predicted molar refractivity (Wildman–Crippen MR) is 80.8 cm³/mol. The molecule has 19 heavy (non-hydrogen) atoms. The van der Waals surface area contributed by atoms with Crippen molar-refractivity contribution < 1.29 is 4.74 Å². The summed E-state index contributed by atoms with van der Waals surface area (Å²) < 4.78 is 6.00. The van der Waals surface area contributed by atoms with E-state index in [1.165, 1.54) is 22.3 Å². The van der Waals surface area contributed by atoms with E-state index in [-0.39, 0.29) is 11.5 Å². The third-order valence-electron chi connectivity index (χ3n) is 4.06. The molecular formula is C17H27NO. The SMILES string of the molecule is Cc1cc(C(C)(C)C)cc(C)c1C1OCCNC1C. The molecule has 0 aromatic heterocycles. The minimum absolute atomic E-state index is 0.183. The van der Waals surface area contributed by atoms with Crippen LogP contribution in [0.4, 0.5) is 0 Å². The lowest BCUT2D eigenvalue weighted by molar-refractivity contribution is -0.000970. The molecule has 1 aromatic carbocycles. The van der Waals surface area contributed by atoms with Gasteiger partial charge in [-0.1, -0.05) is 32.9 Å². The maximum atomic E-state index is 6.00. The van der Waals surface area contributed by atoms with Crippen molar-refractivity contribution in [3.05, 3.63) is 34.4 Å². The van der Waals surface area contributed by atoms with Crippen LogP contribution in [0.15, 0.2) is 12.1 Å². The van der Waals surface area contributed by atoms with Gasteiger partial charge in [-0.2, -0.15) is 0 Å². The third kappa shape index (κ3) is 3.01. The molecule has 106 valence electrons. The first-order valence-electron chi connectivity index (χ1n) is 7.27. The summed E-state index contributed by atoms with van der Waals surface area (Å²) in [5.41, 5.74) is 5.68. The Morgan fingerprint density at radius 1 is 1.16 bits per heavy atom. The Morgan fingerprint density at radius 3 is 2.21 bits per heavy atom. The van der Waals surface area contributed by atoms with Gasteiger partial charge in [-0.15, -0.1) is 0 Å². The average molecular weight is 261 g/mol. The Morgan fingerprint density at radius 2 is 1.74 bits per heavy atom. The second-order valence-electron chi connectivity index (χ2n) is 6.81. The van der Waals surface area contributed by atoms with Gasteiger partial charge in [-0.05, 0) is 48.4 Å². The van der Waals surface area contributed by atoms with Crippen molar-refractivity contribution in [1.29, 1.82) is 0 Å². The fourth-order valence-electron chi connectivity index (χ4n) is 2.91. The van der Waals surface area contributed by atoms with E-state index in [0.29, 0.717) is 6.04 Å². The van der Waals surface area contributed by atoms with Crippen molar-refractivity contribution in [3.8, 4) is 0 Å². The largest absolute Gasteiger partial charge is 0.371 e. The van der Waals surface area contributed by atoms with Crippen molar-refractivity contribution >= 4 is 0 Å². The van der Waals surface area contributed by atoms with E-state index in [1.807, 2.05) is 0 Å². The van der Waals surface area contributed by atoms with Crippen LogP contribution in [-0.2, 0) is 10.2 Å². The molecule has 0 saturated carbocycles. The Bertz CT molecular complexity index is 436. The zero-order valence-corrected chi connectivity index (χ0v) is 13.1. The van der Waals surface area contributed by atoms with Gasteiger partial charge in [0.1, 0.15) is 0 Å². The van der Waals surface area contributed by atoms with Crippen molar-refractivity contribution in [2.24, 2.45) is 0 Å². The first-order valence-corrected chi connectivity index (χ1v) is 7.27. The van der Waals surface area contributed by atoms with E-state index in [2.05, 4.69) is 59.0 Å². The molecule has 2 unspecified atom stereocenters. The van der Waals surface area contributed by atoms with E-state index >= 15 is 0 Å². The molecule has 2 nitrogen and oxygen atoms in total. The van der Waals surface area contributed by atoms with Gasteiger partial charge in [0.2, 0.25) is 0 Å². The zero-order chi connectivity index (χ0) is 14.2. The number of morpholine rings is 1. The fraction of sp³-hybridized carbons (Fsp3) is 0.647. The molecule has 0 radical (unpaired) electrons. The lowest BCUT2D eigenvalue weighted by Gasteiger charge is -2.33. The summed E-state index contributed by atoms with van der Waals surface area (Å²) in [5, 5.41) is 3.50. The lowest BCUT2D eigenvalue weighted by atomic mass is 9.82. The molecule has 1 aliphatic rings. The number of aryl methyl sites for hydroxylation is 2. The van der Waals surface area contributed by atoms with E-state index in [4.69, 9.17) is 4.74 Å². The van der Waals surface area contributed by atoms with Crippen LogP contribution in [0.2, 0.25) is 0 Å². The normalized spacial score (nSPS) is 24.5. The van der Waals surface area contributed by atoms with Crippen LogP contribution in [0.5, 0.6) is 0 Å². The molecule has 1 aliphatic heterocycles. The number of hydrogen-bond acceptors (Lipinski definition) is 2. The molecule has 1 fully saturated rings. The third-order valence-corrected chi connectivity index (χ3v) is 4.06. The number of nitrogens with one attached hydrogen (secondary N) is 1. The predicted octanol–water partition coefficient (Wildman–Crippen LogP) is 3.65. The summed E-state index contributed by atoms with van der Waals surface area (Å²) in [6.45, 7) is 15.2. The lowest BCUT2D eigenvalue weighted by Crippen LogP contribution is -2.42. The molecule has 2 heteroatoms. The molecule has 0 bridgehead atoms. The first-order chi connectivity index (χ1) is 8.80. The average Bonchev–Trinajstić information content (AvgIpc) is 2.29. The fourth-order valence-corrected chi connectivity index (χ4v) is 2.91. The molecule has 0 amide bonds. The highest BCUT2D eigenvalue weighted by atomic mass is 16.5. The minimum Gasteiger partial charge on any atom is -0.371 e. The van der Waals surface area contributed by atoms with Crippen molar-refractivity contribution in [2.75, 3.05) is 13.2 Å². The molecule has 1 heterocycles.